The molecule has 15 heavy (non-hydrogen) atoms. The Kier molecular flexibility index (Phi) is 4.15. The molecule has 0 heterocycles. The molecule has 0 saturated carbocycles. The summed E-state index contributed by atoms with van der Waals surface area (Å²) in [6, 6.07) is 2.86. The average Bonchev–Trinajstić information content (AvgIpc) is 2.15. The van der Waals surface area contributed by atoms with Crippen molar-refractivity contribution in [3.8, 4) is 0 Å². The molecule has 0 aliphatic carbocycles. The Hall–Kier alpha value is -1.03. The lowest BCUT2D eigenvalue weighted by molar-refractivity contribution is 0.0989. The molecule has 4 heteroatoms. The van der Waals surface area contributed by atoms with Crippen LogP contribution in [0.3, 0.4) is 0 Å². The molecule has 0 aliphatic heterocycles. The Morgan fingerprint density at radius 2 is 2.00 bits per heavy atom. The fourth-order valence-electron chi connectivity index (χ4n) is 1.54. The van der Waals surface area contributed by atoms with Gasteiger partial charge in [-0.05, 0) is 36.7 Å². The molecule has 1 atom stereocenters. The highest BCUT2D eigenvalue weighted by molar-refractivity contribution is 5.30. The first-order valence-corrected chi connectivity index (χ1v) is 4.83. The maximum Gasteiger partial charge on any atom is 0.257 e. The molecule has 1 rings (SSSR count). The summed E-state index contributed by atoms with van der Waals surface area (Å²) in [6.45, 7) is 3.84. The SMILES string of the molecule is CCNC(c1ccc(F)cc1C)C(F)F. The summed E-state index contributed by atoms with van der Waals surface area (Å²) < 4.78 is 38.2. The third kappa shape index (κ3) is 2.96. The highest BCUT2D eigenvalue weighted by Gasteiger charge is 2.22. The minimum Gasteiger partial charge on any atom is -0.305 e. The lowest BCUT2D eigenvalue weighted by Gasteiger charge is -2.19. The van der Waals surface area contributed by atoms with Crippen molar-refractivity contribution in [1.29, 1.82) is 0 Å². The van der Waals surface area contributed by atoms with Gasteiger partial charge in [0.05, 0.1) is 6.04 Å². The fraction of sp³-hybridized carbons (Fsp3) is 0.455. The molecule has 0 aromatic heterocycles. The normalized spacial score (nSPS) is 13.2. The van der Waals surface area contributed by atoms with Crippen molar-refractivity contribution in [2.24, 2.45) is 0 Å². The van der Waals surface area contributed by atoms with Gasteiger partial charge in [-0.25, -0.2) is 13.2 Å². The van der Waals surface area contributed by atoms with E-state index in [1.807, 2.05) is 0 Å². The highest BCUT2D eigenvalue weighted by Crippen LogP contribution is 2.24. The van der Waals surface area contributed by atoms with Crippen molar-refractivity contribution in [2.45, 2.75) is 26.3 Å². The van der Waals surface area contributed by atoms with Gasteiger partial charge in [0.1, 0.15) is 5.82 Å². The Labute approximate surface area is 87.3 Å². The van der Waals surface area contributed by atoms with E-state index in [2.05, 4.69) is 5.32 Å². The van der Waals surface area contributed by atoms with E-state index >= 15 is 0 Å². The molecule has 84 valence electrons. The fourth-order valence-corrected chi connectivity index (χ4v) is 1.54. The van der Waals surface area contributed by atoms with Crippen LogP contribution in [-0.4, -0.2) is 13.0 Å². The molecule has 0 spiro atoms. The van der Waals surface area contributed by atoms with Gasteiger partial charge in [0.25, 0.3) is 6.43 Å². The van der Waals surface area contributed by atoms with Crippen LogP contribution in [0, 0.1) is 12.7 Å². The number of aryl methyl sites for hydroxylation is 1. The molecule has 0 bridgehead atoms. The average molecular weight is 217 g/mol. The summed E-state index contributed by atoms with van der Waals surface area (Å²) in [6.07, 6.45) is -2.49. The van der Waals surface area contributed by atoms with Crippen LogP contribution in [0.15, 0.2) is 18.2 Å². The van der Waals surface area contributed by atoms with Gasteiger partial charge < -0.3 is 5.32 Å². The van der Waals surface area contributed by atoms with E-state index < -0.39 is 18.3 Å². The Bertz CT molecular complexity index is 326. The maximum absolute atomic E-state index is 12.8. The van der Waals surface area contributed by atoms with Gasteiger partial charge in [-0.1, -0.05) is 13.0 Å². The zero-order valence-electron chi connectivity index (χ0n) is 8.73. The molecular weight excluding hydrogens is 203 g/mol. The monoisotopic (exact) mass is 217 g/mol. The topological polar surface area (TPSA) is 12.0 Å². The van der Waals surface area contributed by atoms with Gasteiger partial charge in [-0.15, -0.1) is 0 Å². The van der Waals surface area contributed by atoms with Crippen molar-refractivity contribution in [3.63, 3.8) is 0 Å². The lowest BCUT2D eigenvalue weighted by atomic mass is 10.0. The first kappa shape index (κ1) is 12.0. The van der Waals surface area contributed by atoms with Crippen LogP contribution in [0.1, 0.15) is 24.1 Å². The Morgan fingerprint density at radius 3 is 2.47 bits per heavy atom. The summed E-state index contributed by atoms with van der Waals surface area (Å²) in [4.78, 5) is 0. The molecule has 1 nitrogen and oxygen atoms in total. The molecular formula is C11H14F3N. The molecule has 0 radical (unpaired) electrons. The predicted molar refractivity (Wildman–Crippen MR) is 53.6 cm³/mol. The highest BCUT2D eigenvalue weighted by atomic mass is 19.3. The molecule has 1 aromatic rings. The third-order valence-corrected chi connectivity index (χ3v) is 2.24. The summed E-state index contributed by atoms with van der Waals surface area (Å²) >= 11 is 0. The number of hydrogen-bond donors (Lipinski definition) is 1. The van der Waals surface area contributed by atoms with Crippen LogP contribution in [0.2, 0.25) is 0 Å². The Balaban J connectivity index is 3.00. The van der Waals surface area contributed by atoms with Crippen molar-refractivity contribution in [1.82, 2.24) is 5.32 Å². The van der Waals surface area contributed by atoms with Gasteiger partial charge in [-0.3, -0.25) is 0 Å². The summed E-state index contributed by atoms with van der Waals surface area (Å²) in [5, 5.41) is 2.69. The van der Waals surface area contributed by atoms with E-state index in [1.165, 1.54) is 18.2 Å². The molecule has 0 fully saturated rings. The van der Waals surface area contributed by atoms with E-state index in [9.17, 15) is 13.2 Å². The van der Waals surface area contributed by atoms with Crippen LogP contribution < -0.4 is 5.32 Å². The summed E-state index contributed by atoms with van der Waals surface area (Å²) in [5.74, 6) is -0.402. The second kappa shape index (κ2) is 5.16. The largest absolute Gasteiger partial charge is 0.305 e. The molecule has 1 aromatic carbocycles. The molecule has 1 N–H and O–H groups in total. The van der Waals surface area contributed by atoms with Gasteiger partial charge in [-0.2, -0.15) is 0 Å². The minimum atomic E-state index is -2.49. The minimum absolute atomic E-state index is 0.402. The van der Waals surface area contributed by atoms with Crippen molar-refractivity contribution >= 4 is 0 Å². The second-order valence-electron chi connectivity index (χ2n) is 3.37. The van der Waals surface area contributed by atoms with Crippen LogP contribution >= 0.6 is 0 Å². The molecule has 1 unspecified atom stereocenters. The number of nitrogens with one attached hydrogen (secondary N) is 1. The third-order valence-electron chi connectivity index (χ3n) is 2.24. The van der Waals surface area contributed by atoms with Crippen molar-refractivity contribution in [2.75, 3.05) is 6.54 Å². The van der Waals surface area contributed by atoms with Gasteiger partial charge in [0.15, 0.2) is 0 Å². The zero-order valence-corrected chi connectivity index (χ0v) is 8.73. The van der Waals surface area contributed by atoms with Crippen LogP contribution in [0.4, 0.5) is 13.2 Å². The van der Waals surface area contributed by atoms with Crippen LogP contribution in [-0.2, 0) is 0 Å². The Morgan fingerprint density at radius 1 is 1.33 bits per heavy atom. The maximum atomic E-state index is 12.8. The van der Waals surface area contributed by atoms with Crippen LogP contribution in [0.5, 0.6) is 0 Å². The number of hydrogen-bond acceptors (Lipinski definition) is 1. The quantitative estimate of drug-likeness (QED) is 0.817. The molecule has 0 amide bonds. The predicted octanol–water partition coefficient (Wildman–Crippen LogP) is 3.05. The lowest BCUT2D eigenvalue weighted by Crippen LogP contribution is -2.27. The standard InChI is InChI=1S/C11H14F3N/c1-3-15-10(11(13)14)9-5-4-8(12)6-7(9)2/h4-6,10-11,15H,3H2,1-2H3. The van der Waals surface area contributed by atoms with E-state index in [1.54, 1.807) is 13.8 Å². The first-order valence-electron chi connectivity index (χ1n) is 4.83. The van der Waals surface area contributed by atoms with Crippen molar-refractivity contribution < 1.29 is 13.2 Å². The number of halogens is 3. The van der Waals surface area contributed by atoms with Crippen LogP contribution in [0.25, 0.3) is 0 Å². The van der Waals surface area contributed by atoms with Gasteiger partial charge in [0.2, 0.25) is 0 Å². The summed E-state index contributed by atoms with van der Waals surface area (Å²) in [5.41, 5.74) is 0.995. The van der Waals surface area contributed by atoms with Gasteiger partial charge >= 0.3 is 0 Å². The van der Waals surface area contributed by atoms with E-state index in [0.29, 0.717) is 17.7 Å². The number of benzene rings is 1. The molecule has 0 saturated heterocycles. The number of alkyl halides is 2. The van der Waals surface area contributed by atoms with E-state index in [0.717, 1.165) is 0 Å². The number of rotatable bonds is 4. The summed E-state index contributed by atoms with van der Waals surface area (Å²) in [7, 11) is 0. The second-order valence-corrected chi connectivity index (χ2v) is 3.37. The van der Waals surface area contributed by atoms with Crippen molar-refractivity contribution in [3.05, 3.63) is 35.1 Å². The van der Waals surface area contributed by atoms with Gasteiger partial charge in [0, 0.05) is 0 Å². The zero-order chi connectivity index (χ0) is 11.4. The smallest absolute Gasteiger partial charge is 0.257 e. The van der Waals surface area contributed by atoms with E-state index in [-0.39, 0.29) is 0 Å². The molecule has 0 aliphatic rings. The first-order chi connectivity index (χ1) is 7.06. The van der Waals surface area contributed by atoms with E-state index in [4.69, 9.17) is 0 Å².